The summed E-state index contributed by atoms with van der Waals surface area (Å²) < 4.78 is 22.0. The van der Waals surface area contributed by atoms with E-state index < -0.39 is 0 Å². The fourth-order valence-corrected chi connectivity index (χ4v) is 3.97. The van der Waals surface area contributed by atoms with Crippen molar-refractivity contribution in [1.29, 1.82) is 0 Å². The Bertz CT molecular complexity index is 946. The molecule has 172 valence electrons. The van der Waals surface area contributed by atoms with E-state index in [9.17, 15) is 9.59 Å². The van der Waals surface area contributed by atoms with E-state index in [1.54, 1.807) is 45.4 Å². The average Bonchev–Trinajstić information content (AvgIpc) is 2.82. The van der Waals surface area contributed by atoms with Gasteiger partial charge < -0.3 is 23.8 Å². The number of nitrogens with zero attached hydrogens (tertiary/aromatic N) is 1. The molecule has 0 radical (unpaired) electrons. The number of amides is 1. The Morgan fingerprint density at radius 1 is 1.09 bits per heavy atom. The first kappa shape index (κ1) is 23.7. The van der Waals surface area contributed by atoms with Crippen LogP contribution >= 0.6 is 11.6 Å². The molecule has 2 aromatic rings. The highest BCUT2D eigenvalue weighted by Gasteiger charge is 2.32. The van der Waals surface area contributed by atoms with Crippen LogP contribution in [0.15, 0.2) is 36.4 Å². The van der Waals surface area contributed by atoms with E-state index in [0.717, 1.165) is 11.1 Å². The molecule has 0 N–H and O–H groups in total. The molecule has 0 aromatic heterocycles. The monoisotopic (exact) mass is 461 g/mol. The maximum atomic E-state index is 12.8. The van der Waals surface area contributed by atoms with Crippen molar-refractivity contribution in [3.63, 3.8) is 0 Å². The zero-order valence-corrected chi connectivity index (χ0v) is 19.3. The van der Waals surface area contributed by atoms with E-state index >= 15 is 0 Å². The highest BCUT2D eigenvalue weighted by Crippen LogP contribution is 2.38. The van der Waals surface area contributed by atoms with Crippen molar-refractivity contribution in [2.75, 3.05) is 39.9 Å². The van der Waals surface area contributed by atoms with Gasteiger partial charge in [-0.15, -0.1) is 11.6 Å². The maximum Gasteiger partial charge on any atom is 0.338 e. The molecule has 1 aliphatic heterocycles. The molecule has 32 heavy (non-hydrogen) atoms. The van der Waals surface area contributed by atoms with E-state index in [1.807, 2.05) is 17.0 Å². The SMILES string of the molecule is CCOC(=O)c1ccc(OC[C@H]2c3cc(OC)c(OC)cc3CCN2C(=O)CCCl)cc1. The molecule has 0 aliphatic carbocycles. The molecule has 0 bridgehead atoms. The number of ether oxygens (including phenoxy) is 4. The second kappa shape index (κ2) is 11.1. The molecule has 1 amide bonds. The van der Waals surface area contributed by atoms with Crippen molar-refractivity contribution in [2.24, 2.45) is 0 Å². The average molecular weight is 462 g/mol. The van der Waals surface area contributed by atoms with Crippen molar-refractivity contribution in [3.8, 4) is 17.2 Å². The third-order valence-electron chi connectivity index (χ3n) is 5.40. The molecule has 7 nitrogen and oxygen atoms in total. The van der Waals surface area contributed by atoms with Gasteiger partial charge in [0.1, 0.15) is 12.4 Å². The highest BCUT2D eigenvalue weighted by atomic mass is 35.5. The lowest BCUT2D eigenvalue weighted by Crippen LogP contribution is -2.42. The summed E-state index contributed by atoms with van der Waals surface area (Å²) in [6.45, 7) is 2.89. The van der Waals surface area contributed by atoms with Gasteiger partial charge in [0.25, 0.3) is 0 Å². The number of carbonyl (C=O) groups excluding carboxylic acids is 2. The van der Waals surface area contributed by atoms with Crippen molar-refractivity contribution >= 4 is 23.5 Å². The Morgan fingerprint density at radius 3 is 2.41 bits per heavy atom. The van der Waals surface area contributed by atoms with Crippen LogP contribution in [-0.2, 0) is 16.0 Å². The van der Waals surface area contributed by atoms with Crippen LogP contribution in [0.4, 0.5) is 0 Å². The molecule has 0 saturated carbocycles. The minimum Gasteiger partial charge on any atom is -0.493 e. The zero-order valence-electron chi connectivity index (χ0n) is 18.6. The number of hydrogen-bond donors (Lipinski definition) is 0. The van der Waals surface area contributed by atoms with Gasteiger partial charge in [-0.25, -0.2) is 4.79 Å². The molecule has 1 atom stereocenters. The van der Waals surface area contributed by atoms with Crippen molar-refractivity contribution in [1.82, 2.24) is 4.90 Å². The van der Waals surface area contributed by atoms with Crippen LogP contribution in [0.2, 0.25) is 0 Å². The predicted octanol–water partition coefficient (Wildman–Crippen LogP) is 4.01. The van der Waals surface area contributed by atoms with Crippen molar-refractivity contribution < 1.29 is 28.5 Å². The van der Waals surface area contributed by atoms with E-state index in [2.05, 4.69) is 0 Å². The molecular formula is C24H28ClNO6. The number of benzene rings is 2. The van der Waals surface area contributed by atoms with Gasteiger partial charge in [-0.2, -0.15) is 0 Å². The summed E-state index contributed by atoms with van der Waals surface area (Å²) in [6, 6.07) is 10.3. The summed E-state index contributed by atoms with van der Waals surface area (Å²) in [7, 11) is 3.18. The number of alkyl halides is 1. The first-order valence-corrected chi connectivity index (χ1v) is 11.1. The summed E-state index contributed by atoms with van der Waals surface area (Å²) >= 11 is 5.83. The Morgan fingerprint density at radius 2 is 1.78 bits per heavy atom. The number of carbonyl (C=O) groups is 2. The van der Waals surface area contributed by atoms with Gasteiger partial charge in [-0.1, -0.05) is 0 Å². The van der Waals surface area contributed by atoms with Crippen LogP contribution in [-0.4, -0.2) is 56.6 Å². The topological polar surface area (TPSA) is 74.3 Å². The summed E-state index contributed by atoms with van der Waals surface area (Å²) in [5, 5.41) is 0. The summed E-state index contributed by atoms with van der Waals surface area (Å²) in [5.74, 6) is 1.71. The number of esters is 1. The summed E-state index contributed by atoms with van der Waals surface area (Å²) in [4.78, 5) is 26.4. The van der Waals surface area contributed by atoms with E-state index in [4.69, 9.17) is 30.5 Å². The molecular weight excluding hydrogens is 434 g/mol. The third-order valence-corrected chi connectivity index (χ3v) is 5.59. The third kappa shape index (κ3) is 5.27. The standard InChI is InChI=1S/C24H28ClNO6/c1-4-31-24(28)16-5-7-18(8-6-16)32-15-20-19-14-22(30-3)21(29-2)13-17(19)10-12-26(20)23(27)9-11-25/h5-8,13-14,20H,4,9-12,15H2,1-3H3/t20-/m0/s1. The molecule has 0 unspecified atom stereocenters. The molecule has 3 rings (SSSR count). The second-order valence-electron chi connectivity index (χ2n) is 7.25. The van der Waals surface area contributed by atoms with Gasteiger partial charge in [-0.3, -0.25) is 4.79 Å². The fourth-order valence-electron chi connectivity index (χ4n) is 3.81. The molecule has 0 saturated heterocycles. The van der Waals surface area contributed by atoms with Crippen LogP contribution in [0.25, 0.3) is 0 Å². The lowest BCUT2D eigenvalue weighted by atomic mass is 9.92. The van der Waals surface area contributed by atoms with E-state index in [1.165, 1.54) is 0 Å². The van der Waals surface area contributed by atoms with E-state index in [-0.39, 0.29) is 36.8 Å². The number of hydrogen-bond acceptors (Lipinski definition) is 6. The minimum absolute atomic E-state index is 0.0216. The quantitative estimate of drug-likeness (QED) is 0.415. The summed E-state index contributed by atoms with van der Waals surface area (Å²) in [6.07, 6.45) is 0.962. The lowest BCUT2D eigenvalue weighted by Gasteiger charge is -2.37. The van der Waals surface area contributed by atoms with Gasteiger partial charge in [0.2, 0.25) is 5.91 Å². The largest absolute Gasteiger partial charge is 0.493 e. The predicted molar refractivity (Wildman–Crippen MR) is 121 cm³/mol. The normalized spacial score (nSPS) is 15.0. The van der Waals surface area contributed by atoms with Crippen LogP contribution in [0, 0.1) is 0 Å². The number of methoxy groups -OCH3 is 2. The zero-order chi connectivity index (χ0) is 23.1. The molecule has 0 fully saturated rings. The molecule has 1 aliphatic rings. The molecule has 0 spiro atoms. The molecule has 1 heterocycles. The van der Waals surface area contributed by atoms with Crippen LogP contribution in [0.1, 0.15) is 40.9 Å². The Hall–Kier alpha value is -2.93. The van der Waals surface area contributed by atoms with Crippen LogP contribution < -0.4 is 14.2 Å². The Balaban J connectivity index is 1.85. The van der Waals surface area contributed by atoms with Crippen molar-refractivity contribution in [2.45, 2.75) is 25.8 Å². The van der Waals surface area contributed by atoms with Gasteiger partial charge in [0.05, 0.1) is 32.4 Å². The molecule has 2 aromatic carbocycles. The first-order chi connectivity index (χ1) is 15.5. The lowest BCUT2D eigenvalue weighted by molar-refractivity contribution is -0.134. The second-order valence-corrected chi connectivity index (χ2v) is 7.63. The van der Waals surface area contributed by atoms with Crippen LogP contribution in [0.3, 0.4) is 0 Å². The fraction of sp³-hybridized carbons (Fsp3) is 0.417. The number of rotatable bonds is 9. The van der Waals surface area contributed by atoms with Gasteiger partial charge in [-0.05, 0) is 60.9 Å². The Labute approximate surface area is 193 Å². The van der Waals surface area contributed by atoms with Gasteiger partial charge in [0.15, 0.2) is 11.5 Å². The van der Waals surface area contributed by atoms with Crippen molar-refractivity contribution in [3.05, 3.63) is 53.1 Å². The smallest absolute Gasteiger partial charge is 0.338 e. The molecule has 8 heteroatoms. The van der Waals surface area contributed by atoms with Gasteiger partial charge in [0, 0.05) is 18.8 Å². The minimum atomic E-state index is -0.376. The van der Waals surface area contributed by atoms with E-state index in [0.29, 0.717) is 42.4 Å². The van der Waals surface area contributed by atoms with Crippen LogP contribution in [0.5, 0.6) is 17.2 Å². The first-order valence-electron chi connectivity index (χ1n) is 10.5. The maximum absolute atomic E-state index is 12.8. The highest BCUT2D eigenvalue weighted by molar-refractivity contribution is 6.18. The van der Waals surface area contributed by atoms with Gasteiger partial charge >= 0.3 is 5.97 Å². The Kier molecular flexibility index (Phi) is 8.22. The number of halogens is 1. The number of fused-ring (bicyclic) bond motifs is 1. The summed E-state index contributed by atoms with van der Waals surface area (Å²) in [5.41, 5.74) is 2.50.